The molecule has 8 heteroatoms. The van der Waals surface area contributed by atoms with Gasteiger partial charge in [0.15, 0.2) is 15.9 Å². The van der Waals surface area contributed by atoms with Crippen molar-refractivity contribution in [3.05, 3.63) is 99.8 Å². The van der Waals surface area contributed by atoms with Crippen LogP contribution in [0.2, 0.25) is 0 Å². The van der Waals surface area contributed by atoms with E-state index in [-0.39, 0.29) is 17.5 Å². The summed E-state index contributed by atoms with van der Waals surface area (Å²) in [7, 11) is 0. The molecular formula is C26H18BrFN2O2S2. The van der Waals surface area contributed by atoms with Gasteiger partial charge in [0.1, 0.15) is 6.61 Å². The Hall–Kier alpha value is -2.94. The van der Waals surface area contributed by atoms with Gasteiger partial charge >= 0.3 is 0 Å². The maximum absolute atomic E-state index is 13.9. The molecule has 0 radical (unpaired) electrons. The highest BCUT2D eigenvalue weighted by Crippen LogP contribution is 2.37. The van der Waals surface area contributed by atoms with Gasteiger partial charge in [0.25, 0.3) is 5.91 Å². The van der Waals surface area contributed by atoms with E-state index in [0.717, 1.165) is 26.6 Å². The summed E-state index contributed by atoms with van der Waals surface area (Å²) in [5.74, 6) is -0.295. The molecule has 0 spiro atoms. The number of nitrogens with zero attached hydrogens (tertiary/aromatic N) is 2. The minimum atomic E-state index is -0.384. The molecule has 170 valence electrons. The van der Waals surface area contributed by atoms with Gasteiger partial charge in [-0.1, -0.05) is 70.2 Å². The largest absolute Gasteiger partial charge is 0.489 e. The van der Waals surface area contributed by atoms with Crippen LogP contribution in [-0.4, -0.2) is 21.4 Å². The van der Waals surface area contributed by atoms with Gasteiger partial charge in [-0.25, -0.2) is 4.39 Å². The van der Waals surface area contributed by atoms with Crippen LogP contribution in [0.5, 0.6) is 5.75 Å². The van der Waals surface area contributed by atoms with Crippen LogP contribution in [0.1, 0.15) is 5.56 Å². The first-order valence-corrected chi connectivity index (χ1v) is 12.5. The number of anilines is 1. The zero-order valence-electron chi connectivity index (χ0n) is 17.8. The number of thioether (sulfide) groups is 1. The molecule has 0 N–H and O–H groups in total. The van der Waals surface area contributed by atoms with Crippen molar-refractivity contribution in [3.63, 3.8) is 0 Å². The van der Waals surface area contributed by atoms with E-state index in [2.05, 4.69) is 15.9 Å². The van der Waals surface area contributed by atoms with Crippen molar-refractivity contribution in [1.82, 2.24) is 4.57 Å². The maximum Gasteiger partial charge on any atom is 0.270 e. The quantitative estimate of drug-likeness (QED) is 0.190. The minimum absolute atomic E-state index is 0.139. The molecule has 0 unspecified atom stereocenters. The lowest BCUT2D eigenvalue weighted by Crippen LogP contribution is -2.27. The zero-order chi connectivity index (χ0) is 23.7. The number of aromatic nitrogens is 1. The summed E-state index contributed by atoms with van der Waals surface area (Å²) < 4.78 is 23.0. The number of carbonyl (C=O) groups is 1. The van der Waals surface area contributed by atoms with Crippen LogP contribution in [0.3, 0.4) is 0 Å². The molecule has 4 nitrogen and oxygen atoms in total. The summed E-state index contributed by atoms with van der Waals surface area (Å²) in [5, 5.41) is 0.991. The lowest BCUT2D eigenvalue weighted by Gasteiger charge is -2.13. The van der Waals surface area contributed by atoms with Gasteiger partial charge in [0.2, 0.25) is 0 Å². The molecule has 1 aromatic heterocycles. The fourth-order valence-electron chi connectivity index (χ4n) is 3.82. The Bertz CT molecular complexity index is 1440. The molecule has 2 heterocycles. The first-order chi connectivity index (χ1) is 16.5. The molecule has 34 heavy (non-hydrogen) atoms. The van der Waals surface area contributed by atoms with E-state index in [4.69, 9.17) is 17.0 Å². The van der Waals surface area contributed by atoms with E-state index in [1.807, 2.05) is 65.4 Å². The maximum atomic E-state index is 13.9. The number of carbonyl (C=O) groups excluding carboxylic acids is 1. The number of hydrogen-bond donors (Lipinski definition) is 0. The van der Waals surface area contributed by atoms with Gasteiger partial charge in [0.05, 0.1) is 17.1 Å². The number of thiocarbonyl (C=S) groups is 1. The Balaban J connectivity index is 1.44. The molecule has 4 aromatic rings. The van der Waals surface area contributed by atoms with Gasteiger partial charge in [-0.05, 0) is 48.5 Å². The molecule has 5 rings (SSSR count). The zero-order valence-corrected chi connectivity index (χ0v) is 21.0. The number of ether oxygens (including phenoxy) is 1. The van der Waals surface area contributed by atoms with Crippen LogP contribution in [0.4, 0.5) is 10.1 Å². The molecule has 1 saturated heterocycles. The summed E-state index contributed by atoms with van der Waals surface area (Å²) in [6.45, 7) is 0.821. The third-order valence-electron chi connectivity index (χ3n) is 5.40. The van der Waals surface area contributed by atoms with E-state index in [9.17, 15) is 9.18 Å². The predicted octanol–water partition coefficient (Wildman–Crippen LogP) is 7.03. The summed E-state index contributed by atoms with van der Waals surface area (Å²) in [5.41, 5.74) is 2.64. The van der Waals surface area contributed by atoms with Crippen molar-refractivity contribution >= 4 is 72.8 Å². The van der Waals surface area contributed by atoms with Crippen molar-refractivity contribution in [3.8, 4) is 5.75 Å². The van der Waals surface area contributed by atoms with E-state index in [1.54, 1.807) is 23.1 Å². The van der Waals surface area contributed by atoms with Gasteiger partial charge < -0.3 is 9.30 Å². The molecule has 0 saturated carbocycles. The number of fused-ring (bicyclic) bond motifs is 1. The number of para-hydroxylation sites is 2. The Morgan fingerprint density at radius 1 is 1.06 bits per heavy atom. The van der Waals surface area contributed by atoms with Crippen LogP contribution >= 0.6 is 39.9 Å². The fraction of sp³-hybridized carbons (Fsp3) is 0.0769. The first kappa shape index (κ1) is 22.8. The van der Waals surface area contributed by atoms with Gasteiger partial charge in [-0.2, -0.15) is 0 Å². The molecule has 1 amide bonds. The minimum Gasteiger partial charge on any atom is -0.489 e. The number of rotatable bonds is 6. The van der Waals surface area contributed by atoms with Crippen LogP contribution < -0.4 is 9.64 Å². The van der Waals surface area contributed by atoms with Gasteiger partial charge in [-0.15, -0.1) is 0 Å². The molecule has 0 bridgehead atoms. The molecule has 1 aliphatic rings. The number of benzene rings is 3. The van der Waals surface area contributed by atoms with Crippen LogP contribution in [-0.2, 0) is 11.3 Å². The van der Waals surface area contributed by atoms with Crippen LogP contribution in [0.25, 0.3) is 17.0 Å². The topological polar surface area (TPSA) is 34.5 Å². The average molecular weight is 553 g/mol. The Kier molecular flexibility index (Phi) is 6.54. The first-order valence-electron chi connectivity index (χ1n) is 10.5. The summed E-state index contributed by atoms with van der Waals surface area (Å²) in [6.07, 6.45) is 3.86. The highest BCUT2D eigenvalue weighted by Gasteiger charge is 2.33. The predicted molar refractivity (Wildman–Crippen MR) is 144 cm³/mol. The van der Waals surface area contributed by atoms with Crippen molar-refractivity contribution in [2.24, 2.45) is 0 Å². The smallest absolute Gasteiger partial charge is 0.270 e. The lowest BCUT2D eigenvalue weighted by molar-refractivity contribution is -0.113. The number of halogens is 2. The number of hydrogen-bond acceptors (Lipinski definition) is 4. The van der Waals surface area contributed by atoms with Gasteiger partial charge in [-0.3, -0.25) is 9.69 Å². The van der Waals surface area contributed by atoms with Crippen molar-refractivity contribution in [2.75, 3.05) is 11.5 Å². The normalized spacial score (nSPS) is 15.0. The second kappa shape index (κ2) is 9.74. The second-order valence-electron chi connectivity index (χ2n) is 7.57. The van der Waals surface area contributed by atoms with Gasteiger partial charge in [0, 0.05) is 27.1 Å². The Morgan fingerprint density at radius 3 is 2.62 bits per heavy atom. The van der Waals surface area contributed by atoms with Crippen molar-refractivity contribution < 1.29 is 13.9 Å². The molecule has 1 fully saturated rings. The molecular weight excluding hydrogens is 535 g/mol. The summed E-state index contributed by atoms with van der Waals surface area (Å²) in [6, 6.07) is 21.8. The third kappa shape index (κ3) is 4.53. The Morgan fingerprint density at radius 2 is 1.82 bits per heavy atom. The Labute approximate surface area is 214 Å². The van der Waals surface area contributed by atoms with Crippen molar-refractivity contribution in [2.45, 2.75) is 6.54 Å². The molecule has 3 aromatic carbocycles. The molecule has 0 aliphatic carbocycles. The highest BCUT2D eigenvalue weighted by molar-refractivity contribution is 9.10. The third-order valence-corrected chi connectivity index (χ3v) is 7.19. The van der Waals surface area contributed by atoms with E-state index in [0.29, 0.717) is 22.4 Å². The number of amides is 1. The summed E-state index contributed by atoms with van der Waals surface area (Å²) in [4.78, 5) is 15.3. The SMILES string of the molecule is O=C1/C(=C/c2cn(CCOc3ccccc3F)c3ccc(Br)cc23)SC(=S)N1c1ccccc1. The van der Waals surface area contributed by atoms with E-state index < -0.39 is 0 Å². The van der Waals surface area contributed by atoms with E-state index in [1.165, 1.54) is 17.8 Å². The molecule has 1 aliphatic heterocycles. The molecule has 0 atom stereocenters. The van der Waals surface area contributed by atoms with Crippen LogP contribution in [0.15, 0.2) is 88.4 Å². The summed E-state index contributed by atoms with van der Waals surface area (Å²) >= 11 is 10.3. The lowest BCUT2D eigenvalue weighted by atomic mass is 10.1. The average Bonchev–Trinajstić information content (AvgIpc) is 3.31. The van der Waals surface area contributed by atoms with Crippen molar-refractivity contribution in [1.29, 1.82) is 0 Å². The fourth-order valence-corrected chi connectivity index (χ4v) is 5.47. The highest BCUT2D eigenvalue weighted by atomic mass is 79.9. The standard InChI is InChI=1S/C26H18BrFN2O2S2/c27-18-10-11-22-20(15-18)17(16-29(22)12-13-32-23-9-5-4-8-21(23)28)14-24-25(31)30(26(33)34-24)19-6-2-1-3-7-19/h1-11,14-16H,12-13H2/b24-14-. The van der Waals surface area contributed by atoms with Crippen LogP contribution in [0, 0.1) is 5.82 Å². The van der Waals surface area contributed by atoms with E-state index >= 15 is 0 Å². The monoisotopic (exact) mass is 552 g/mol. The second-order valence-corrected chi connectivity index (χ2v) is 10.2.